The van der Waals surface area contributed by atoms with E-state index >= 15 is 0 Å². The fourth-order valence-corrected chi connectivity index (χ4v) is 2.06. The zero-order valence-electron chi connectivity index (χ0n) is 13.4. The number of hydrogen-bond acceptors (Lipinski definition) is 2. The monoisotopic (exact) mass is 348 g/mol. The van der Waals surface area contributed by atoms with E-state index in [1.165, 1.54) is 17.0 Å². The van der Waals surface area contributed by atoms with Gasteiger partial charge in [-0.05, 0) is 42.0 Å². The number of benzene rings is 2. The van der Waals surface area contributed by atoms with E-state index in [2.05, 4.69) is 5.32 Å². The van der Waals surface area contributed by atoms with Gasteiger partial charge in [-0.2, -0.15) is 0 Å². The molecular weight excluding hydrogens is 331 g/mol. The van der Waals surface area contributed by atoms with Crippen LogP contribution in [0.25, 0.3) is 6.08 Å². The van der Waals surface area contributed by atoms with E-state index in [1.807, 2.05) is 12.2 Å². The van der Waals surface area contributed by atoms with E-state index in [0.29, 0.717) is 23.1 Å². The zero-order chi connectivity index (χ0) is 17.5. The molecule has 2 amide bonds. The Morgan fingerprint density at radius 2 is 1.96 bits per heavy atom. The topological polar surface area (TPSA) is 41.6 Å². The van der Waals surface area contributed by atoms with Crippen molar-refractivity contribution in [3.05, 3.63) is 64.9 Å². The van der Waals surface area contributed by atoms with E-state index in [4.69, 9.17) is 16.3 Å². The van der Waals surface area contributed by atoms with E-state index in [-0.39, 0.29) is 11.8 Å². The highest BCUT2D eigenvalue weighted by Gasteiger charge is 2.07. The van der Waals surface area contributed by atoms with Gasteiger partial charge >= 0.3 is 6.03 Å². The number of nitrogens with one attached hydrogen (secondary N) is 1. The van der Waals surface area contributed by atoms with E-state index in [0.717, 1.165) is 5.56 Å². The van der Waals surface area contributed by atoms with Crippen molar-refractivity contribution in [2.45, 2.75) is 0 Å². The van der Waals surface area contributed by atoms with E-state index in [1.54, 1.807) is 44.4 Å². The smallest absolute Gasteiger partial charge is 0.321 e. The molecule has 0 saturated heterocycles. The first-order valence-corrected chi connectivity index (χ1v) is 7.66. The molecule has 0 bridgehead atoms. The van der Waals surface area contributed by atoms with Gasteiger partial charge < -0.3 is 15.0 Å². The Morgan fingerprint density at radius 3 is 2.58 bits per heavy atom. The standard InChI is InChI=1S/C18H18ClFN2O2/c1-22(2)18(23)21-15-9-10-17(16(19)12-15)24-11-3-4-13-5-7-14(20)8-6-13/h3-10,12H,11H2,1-2H3,(H,21,23)/b4-3+. The second-order valence-electron chi connectivity index (χ2n) is 5.23. The molecule has 1 N–H and O–H groups in total. The maximum atomic E-state index is 12.8. The summed E-state index contributed by atoms with van der Waals surface area (Å²) in [6, 6.07) is 11.0. The third-order valence-corrected chi connectivity index (χ3v) is 3.40. The van der Waals surface area contributed by atoms with Crippen LogP contribution in [0.4, 0.5) is 14.9 Å². The van der Waals surface area contributed by atoms with Crippen LogP contribution in [-0.2, 0) is 0 Å². The molecule has 0 unspecified atom stereocenters. The van der Waals surface area contributed by atoms with Crippen molar-refractivity contribution in [1.82, 2.24) is 4.90 Å². The lowest BCUT2D eigenvalue weighted by Gasteiger charge is -2.13. The summed E-state index contributed by atoms with van der Waals surface area (Å²) < 4.78 is 18.4. The summed E-state index contributed by atoms with van der Waals surface area (Å²) in [7, 11) is 3.31. The molecule has 2 aromatic carbocycles. The number of hydrogen-bond donors (Lipinski definition) is 1. The van der Waals surface area contributed by atoms with Gasteiger partial charge in [0.2, 0.25) is 0 Å². The molecule has 2 rings (SSSR count). The number of ether oxygens (including phenoxy) is 1. The Balaban J connectivity index is 1.91. The van der Waals surface area contributed by atoms with Gasteiger partial charge in [0.1, 0.15) is 18.2 Å². The van der Waals surface area contributed by atoms with Gasteiger partial charge in [-0.25, -0.2) is 9.18 Å². The molecule has 6 heteroatoms. The van der Waals surface area contributed by atoms with Gasteiger partial charge in [-0.15, -0.1) is 0 Å². The SMILES string of the molecule is CN(C)C(=O)Nc1ccc(OC/C=C/c2ccc(F)cc2)c(Cl)c1. The number of carbonyl (C=O) groups is 1. The minimum atomic E-state index is -0.267. The van der Waals surface area contributed by atoms with Crippen molar-refractivity contribution in [3.8, 4) is 5.75 Å². The summed E-state index contributed by atoms with van der Waals surface area (Å²) in [6.45, 7) is 0.320. The molecule has 0 aliphatic carbocycles. The maximum absolute atomic E-state index is 12.8. The molecule has 24 heavy (non-hydrogen) atoms. The van der Waals surface area contributed by atoms with Crippen molar-refractivity contribution in [2.75, 3.05) is 26.0 Å². The second-order valence-corrected chi connectivity index (χ2v) is 5.64. The summed E-state index contributed by atoms with van der Waals surface area (Å²) >= 11 is 6.15. The fourth-order valence-electron chi connectivity index (χ4n) is 1.83. The number of rotatable bonds is 5. The van der Waals surface area contributed by atoms with Gasteiger partial charge in [-0.1, -0.05) is 29.8 Å². The van der Waals surface area contributed by atoms with Crippen LogP contribution in [0.3, 0.4) is 0 Å². The fraction of sp³-hybridized carbons (Fsp3) is 0.167. The molecule has 126 valence electrons. The number of carbonyl (C=O) groups excluding carboxylic acids is 1. The van der Waals surface area contributed by atoms with Crippen LogP contribution in [0.1, 0.15) is 5.56 Å². The van der Waals surface area contributed by atoms with E-state index < -0.39 is 0 Å². The quantitative estimate of drug-likeness (QED) is 0.853. The zero-order valence-corrected chi connectivity index (χ0v) is 14.2. The minimum Gasteiger partial charge on any atom is -0.488 e. The number of amides is 2. The molecule has 0 aliphatic rings. The molecule has 0 fully saturated rings. The molecule has 0 atom stereocenters. The molecule has 0 radical (unpaired) electrons. The van der Waals surface area contributed by atoms with Crippen molar-refractivity contribution in [1.29, 1.82) is 0 Å². The molecule has 0 aromatic heterocycles. The van der Waals surface area contributed by atoms with Crippen LogP contribution in [0.15, 0.2) is 48.5 Å². The highest BCUT2D eigenvalue weighted by molar-refractivity contribution is 6.32. The molecule has 0 saturated carbocycles. The van der Waals surface area contributed by atoms with Gasteiger partial charge in [-0.3, -0.25) is 0 Å². The Bertz CT molecular complexity index is 730. The molecule has 0 spiro atoms. The largest absolute Gasteiger partial charge is 0.488 e. The summed E-state index contributed by atoms with van der Waals surface area (Å²) in [6.07, 6.45) is 3.64. The predicted molar refractivity (Wildman–Crippen MR) is 95.1 cm³/mol. The van der Waals surface area contributed by atoms with Gasteiger partial charge in [0.05, 0.1) is 5.02 Å². The number of anilines is 1. The van der Waals surface area contributed by atoms with Crippen LogP contribution in [0.2, 0.25) is 5.02 Å². The van der Waals surface area contributed by atoms with Gasteiger partial charge in [0.15, 0.2) is 0 Å². The van der Waals surface area contributed by atoms with Crippen LogP contribution in [0, 0.1) is 5.82 Å². The lowest BCUT2D eigenvalue weighted by atomic mass is 10.2. The number of nitrogens with zero attached hydrogens (tertiary/aromatic N) is 1. The first-order valence-electron chi connectivity index (χ1n) is 7.28. The van der Waals surface area contributed by atoms with Crippen LogP contribution >= 0.6 is 11.6 Å². The van der Waals surface area contributed by atoms with Gasteiger partial charge in [0.25, 0.3) is 0 Å². The van der Waals surface area contributed by atoms with Crippen molar-refractivity contribution >= 4 is 29.4 Å². The Morgan fingerprint density at radius 1 is 1.25 bits per heavy atom. The Hall–Kier alpha value is -2.53. The van der Waals surface area contributed by atoms with Crippen molar-refractivity contribution in [3.63, 3.8) is 0 Å². The molecule has 0 aliphatic heterocycles. The minimum absolute atomic E-state index is 0.234. The van der Waals surface area contributed by atoms with Gasteiger partial charge in [0, 0.05) is 19.8 Å². The highest BCUT2D eigenvalue weighted by Crippen LogP contribution is 2.27. The predicted octanol–water partition coefficient (Wildman–Crippen LogP) is 4.66. The third-order valence-electron chi connectivity index (χ3n) is 3.10. The number of halogens is 2. The maximum Gasteiger partial charge on any atom is 0.321 e. The number of urea groups is 1. The summed E-state index contributed by atoms with van der Waals surface area (Å²) in [5.41, 5.74) is 1.47. The average molecular weight is 349 g/mol. The highest BCUT2D eigenvalue weighted by atomic mass is 35.5. The van der Waals surface area contributed by atoms with Crippen molar-refractivity contribution in [2.24, 2.45) is 0 Å². The molecule has 4 nitrogen and oxygen atoms in total. The summed E-state index contributed by atoms with van der Waals surface area (Å²) in [4.78, 5) is 13.0. The lowest BCUT2D eigenvalue weighted by molar-refractivity contribution is 0.230. The normalized spacial score (nSPS) is 10.7. The Kier molecular flexibility index (Phi) is 6.21. The average Bonchev–Trinajstić information content (AvgIpc) is 2.54. The molecular formula is C18H18ClFN2O2. The van der Waals surface area contributed by atoms with Crippen molar-refractivity contribution < 1.29 is 13.9 Å². The lowest BCUT2D eigenvalue weighted by Crippen LogP contribution is -2.27. The Labute approximate surface area is 145 Å². The summed E-state index contributed by atoms with van der Waals surface area (Å²) in [5, 5.41) is 3.11. The van der Waals surface area contributed by atoms with Crippen LogP contribution in [0.5, 0.6) is 5.75 Å². The van der Waals surface area contributed by atoms with Crippen LogP contribution in [-0.4, -0.2) is 31.6 Å². The van der Waals surface area contributed by atoms with Crippen LogP contribution < -0.4 is 10.1 Å². The first-order chi connectivity index (χ1) is 11.5. The van der Waals surface area contributed by atoms with E-state index in [9.17, 15) is 9.18 Å². The molecule has 2 aromatic rings. The first kappa shape index (κ1) is 17.8. The summed E-state index contributed by atoms with van der Waals surface area (Å²) in [5.74, 6) is 0.250. The molecule has 0 heterocycles. The third kappa shape index (κ3) is 5.28. The second kappa shape index (κ2) is 8.36.